The lowest BCUT2D eigenvalue weighted by Gasteiger charge is -2.27. The van der Waals surface area contributed by atoms with Crippen LogP contribution in [0.4, 0.5) is 5.69 Å². The molecule has 0 aromatic heterocycles. The number of hydrazone groups is 1. The van der Waals surface area contributed by atoms with Gasteiger partial charge >= 0.3 is 0 Å². The van der Waals surface area contributed by atoms with Crippen molar-refractivity contribution >= 4 is 11.5 Å². The minimum Gasteiger partial charge on any atom is -0.378 e. The molecular formula is C13H17N3O. The van der Waals surface area contributed by atoms with Crippen molar-refractivity contribution in [1.29, 1.82) is 0 Å². The molecule has 2 aliphatic rings. The average Bonchev–Trinajstić information content (AvgIpc) is 2.90. The monoisotopic (exact) mass is 231 g/mol. The summed E-state index contributed by atoms with van der Waals surface area (Å²) in [5.74, 6) is 1.21. The molecule has 1 aromatic rings. The molecular weight excluding hydrogens is 214 g/mol. The van der Waals surface area contributed by atoms with Crippen molar-refractivity contribution in [3.63, 3.8) is 0 Å². The lowest BCUT2D eigenvalue weighted by Crippen LogP contribution is -2.40. The van der Waals surface area contributed by atoms with Gasteiger partial charge < -0.3 is 9.64 Å². The maximum absolute atomic E-state index is 5.36. The second kappa shape index (κ2) is 4.75. The number of nitrogens with zero attached hydrogens (tertiary/aromatic N) is 3. The van der Waals surface area contributed by atoms with E-state index in [0.717, 1.165) is 39.3 Å². The number of rotatable bonds is 1. The molecule has 2 heterocycles. The summed E-state index contributed by atoms with van der Waals surface area (Å²) >= 11 is 0. The highest BCUT2D eigenvalue weighted by Gasteiger charge is 2.22. The van der Waals surface area contributed by atoms with Crippen LogP contribution in [-0.4, -0.2) is 43.6 Å². The lowest BCUT2D eigenvalue weighted by atomic mass is 10.3. The van der Waals surface area contributed by atoms with Crippen LogP contribution in [0.2, 0.25) is 0 Å². The molecule has 1 aromatic carbocycles. The predicted molar refractivity (Wildman–Crippen MR) is 68.2 cm³/mol. The van der Waals surface area contributed by atoms with E-state index in [9.17, 15) is 0 Å². The van der Waals surface area contributed by atoms with Gasteiger partial charge in [-0.2, -0.15) is 5.10 Å². The highest BCUT2D eigenvalue weighted by molar-refractivity contribution is 5.86. The van der Waals surface area contributed by atoms with Gasteiger partial charge in [0.05, 0.1) is 18.9 Å². The zero-order chi connectivity index (χ0) is 11.5. The number of morpholine rings is 1. The molecule has 0 unspecified atom stereocenters. The van der Waals surface area contributed by atoms with Gasteiger partial charge in [0.25, 0.3) is 0 Å². The Kier molecular flexibility index (Phi) is 2.96. The van der Waals surface area contributed by atoms with Crippen molar-refractivity contribution in [3.05, 3.63) is 30.3 Å². The molecule has 0 bridgehead atoms. The summed E-state index contributed by atoms with van der Waals surface area (Å²) in [5, 5.41) is 6.79. The van der Waals surface area contributed by atoms with E-state index in [4.69, 9.17) is 9.84 Å². The lowest BCUT2D eigenvalue weighted by molar-refractivity contribution is 0.0675. The Bertz CT molecular complexity index is 398. The summed E-state index contributed by atoms with van der Waals surface area (Å²) in [6, 6.07) is 10.3. The molecule has 0 atom stereocenters. The minimum atomic E-state index is 0.824. The maximum atomic E-state index is 5.36. The number of hydrogen-bond donors (Lipinski definition) is 0. The number of ether oxygens (including phenoxy) is 1. The SMILES string of the molecule is c1ccc(N2CCC(N3CCOCC3)=N2)cc1. The van der Waals surface area contributed by atoms with Crippen LogP contribution in [0.25, 0.3) is 0 Å². The summed E-state index contributed by atoms with van der Waals surface area (Å²) in [7, 11) is 0. The standard InChI is InChI=1S/C13H17N3O/c1-2-4-12(5-3-1)16-7-6-13(14-16)15-8-10-17-11-9-15/h1-5H,6-11H2. The molecule has 17 heavy (non-hydrogen) atoms. The fourth-order valence-electron chi connectivity index (χ4n) is 2.27. The summed E-state index contributed by atoms with van der Waals surface area (Å²) in [4.78, 5) is 2.34. The number of hydrogen-bond acceptors (Lipinski definition) is 4. The predicted octanol–water partition coefficient (Wildman–Crippen LogP) is 1.54. The molecule has 0 radical (unpaired) electrons. The Hall–Kier alpha value is -1.55. The Morgan fingerprint density at radius 2 is 1.76 bits per heavy atom. The smallest absolute Gasteiger partial charge is 0.127 e. The molecule has 2 aliphatic heterocycles. The Morgan fingerprint density at radius 3 is 2.53 bits per heavy atom. The number of anilines is 1. The van der Waals surface area contributed by atoms with Gasteiger partial charge in [0.15, 0.2) is 0 Å². The van der Waals surface area contributed by atoms with Crippen molar-refractivity contribution < 1.29 is 4.74 Å². The van der Waals surface area contributed by atoms with Crippen LogP contribution >= 0.6 is 0 Å². The molecule has 4 heteroatoms. The first-order valence-electron chi connectivity index (χ1n) is 6.16. The van der Waals surface area contributed by atoms with E-state index >= 15 is 0 Å². The largest absolute Gasteiger partial charge is 0.378 e. The third-order valence-corrected chi connectivity index (χ3v) is 3.21. The van der Waals surface area contributed by atoms with E-state index in [1.54, 1.807) is 0 Å². The molecule has 0 aliphatic carbocycles. The Labute approximate surface area is 101 Å². The fraction of sp³-hybridized carbons (Fsp3) is 0.462. The molecule has 0 amide bonds. The summed E-state index contributed by atoms with van der Waals surface area (Å²) in [6.07, 6.45) is 1.04. The van der Waals surface area contributed by atoms with Gasteiger partial charge in [0.2, 0.25) is 0 Å². The van der Waals surface area contributed by atoms with Gasteiger partial charge in [-0.1, -0.05) is 18.2 Å². The van der Waals surface area contributed by atoms with Crippen molar-refractivity contribution in [3.8, 4) is 0 Å². The third-order valence-electron chi connectivity index (χ3n) is 3.21. The minimum absolute atomic E-state index is 0.824. The first-order chi connectivity index (χ1) is 8.43. The van der Waals surface area contributed by atoms with Gasteiger partial charge in [-0.15, -0.1) is 0 Å². The molecule has 4 nitrogen and oxygen atoms in total. The normalized spacial score (nSPS) is 20.6. The van der Waals surface area contributed by atoms with Crippen molar-refractivity contribution in [2.45, 2.75) is 6.42 Å². The number of amidine groups is 1. The second-order valence-corrected chi connectivity index (χ2v) is 4.32. The highest BCUT2D eigenvalue weighted by atomic mass is 16.5. The van der Waals surface area contributed by atoms with E-state index < -0.39 is 0 Å². The van der Waals surface area contributed by atoms with Gasteiger partial charge in [-0.3, -0.25) is 5.01 Å². The van der Waals surface area contributed by atoms with Crippen LogP contribution in [0.3, 0.4) is 0 Å². The fourth-order valence-corrected chi connectivity index (χ4v) is 2.27. The van der Waals surface area contributed by atoms with Crippen LogP contribution in [-0.2, 0) is 4.74 Å². The quantitative estimate of drug-likeness (QED) is 0.734. The van der Waals surface area contributed by atoms with E-state index in [-0.39, 0.29) is 0 Å². The number of benzene rings is 1. The highest BCUT2D eigenvalue weighted by Crippen LogP contribution is 2.20. The zero-order valence-corrected chi connectivity index (χ0v) is 9.88. The average molecular weight is 231 g/mol. The summed E-state index contributed by atoms with van der Waals surface area (Å²) in [5.41, 5.74) is 1.18. The van der Waals surface area contributed by atoms with Crippen molar-refractivity contribution in [2.24, 2.45) is 5.10 Å². The van der Waals surface area contributed by atoms with E-state index in [1.165, 1.54) is 11.5 Å². The van der Waals surface area contributed by atoms with Crippen molar-refractivity contribution in [2.75, 3.05) is 37.9 Å². The summed E-state index contributed by atoms with van der Waals surface area (Å²) < 4.78 is 5.36. The number of para-hydroxylation sites is 1. The van der Waals surface area contributed by atoms with Crippen LogP contribution in [0.5, 0.6) is 0 Å². The van der Waals surface area contributed by atoms with Gasteiger partial charge in [-0.05, 0) is 12.1 Å². The van der Waals surface area contributed by atoms with Crippen LogP contribution in [0, 0.1) is 0 Å². The van der Waals surface area contributed by atoms with E-state index in [1.807, 2.05) is 6.07 Å². The first-order valence-corrected chi connectivity index (χ1v) is 6.16. The van der Waals surface area contributed by atoms with Crippen LogP contribution in [0.15, 0.2) is 35.4 Å². The van der Waals surface area contributed by atoms with Crippen LogP contribution < -0.4 is 5.01 Å². The van der Waals surface area contributed by atoms with E-state index in [0.29, 0.717) is 0 Å². The second-order valence-electron chi connectivity index (χ2n) is 4.32. The third kappa shape index (κ3) is 2.26. The molecule has 0 spiro atoms. The summed E-state index contributed by atoms with van der Waals surface area (Å²) in [6.45, 7) is 4.58. The molecule has 3 rings (SSSR count). The van der Waals surface area contributed by atoms with E-state index in [2.05, 4.69) is 34.2 Å². The molecule has 90 valence electrons. The molecule has 0 N–H and O–H groups in total. The zero-order valence-electron chi connectivity index (χ0n) is 9.88. The van der Waals surface area contributed by atoms with Crippen LogP contribution in [0.1, 0.15) is 6.42 Å². The van der Waals surface area contributed by atoms with Gasteiger partial charge in [0.1, 0.15) is 5.84 Å². The van der Waals surface area contributed by atoms with Gasteiger partial charge in [-0.25, -0.2) is 0 Å². The molecule has 0 saturated carbocycles. The first kappa shape index (κ1) is 10.6. The van der Waals surface area contributed by atoms with Gasteiger partial charge in [0, 0.05) is 26.1 Å². The Morgan fingerprint density at radius 1 is 1.00 bits per heavy atom. The topological polar surface area (TPSA) is 28.1 Å². The Balaban J connectivity index is 1.72. The maximum Gasteiger partial charge on any atom is 0.127 e. The van der Waals surface area contributed by atoms with Crippen molar-refractivity contribution in [1.82, 2.24) is 4.90 Å². The molecule has 1 fully saturated rings. The molecule has 1 saturated heterocycles.